The van der Waals surface area contributed by atoms with Gasteiger partial charge in [0.1, 0.15) is 0 Å². The molecule has 14 bridgehead atoms. The van der Waals surface area contributed by atoms with Crippen LogP contribution in [0.25, 0.3) is 102 Å². The first-order valence-electron chi connectivity index (χ1n) is 16.6. The number of anilines is 1. The number of nitrogens with zero attached hydrogens (tertiary/aromatic N) is 3. The monoisotopic (exact) mass is 660 g/mol. The van der Waals surface area contributed by atoms with E-state index in [0.717, 1.165) is 94.3 Å². The molecular formula is C42H28N8O. The predicted octanol–water partition coefficient (Wildman–Crippen LogP) is 8.99. The number of nitrogen functional groups attached to an aromatic ring is 1. The standard InChI is InChI=1S/C42H28N8O/c43-23-1-12-34(51)20-42-38-22-36-35(21-37(38)41(50-42)19-33-11-6-28(46-33)14-25-3-2-24(13-23)44-25)39-17-31-9-7-29(47-31)15-26-4-5-27(45-26)16-30-8-10-32(48-30)18-40(36)49-39/h1-22,44-45,49-50H,43H2. The summed E-state index contributed by atoms with van der Waals surface area (Å²) in [5, 5.41) is 3.85. The molecule has 1 aromatic carbocycles. The minimum Gasteiger partial charge on any atom is -0.399 e. The second-order valence-corrected chi connectivity index (χ2v) is 12.9. The molecule has 0 saturated carbocycles. The summed E-state index contributed by atoms with van der Waals surface area (Å²) in [5.41, 5.74) is 18.5. The maximum absolute atomic E-state index is 13.3. The number of nitrogens with two attached hydrogens (primary N) is 1. The highest BCUT2D eigenvalue weighted by Crippen LogP contribution is 2.34. The molecular weight excluding hydrogens is 633 g/mol. The summed E-state index contributed by atoms with van der Waals surface area (Å²) in [6.45, 7) is 0. The molecule has 0 saturated heterocycles. The van der Waals surface area contributed by atoms with Gasteiger partial charge in [-0.25, -0.2) is 15.0 Å². The van der Waals surface area contributed by atoms with Gasteiger partial charge in [0, 0.05) is 71.9 Å². The van der Waals surface area contributed by atoms with Crippen molar-refractivity contribution in [2.24, 2.45) is 0 Å². The van der Waals surface area contributed by atoms with Crippen LogP contribution in [0.3, 0.4) is 0 Å². The minimum absolute atomic E-state index is 0.194. The molecule has 0 aliphatic carbocycles. The highest BCUT2D eigenvalue weighted by atomic mass is 16.1. The van der Waals surface area contributed by atoms with E-state index in [1.165, 1.54) is 6.07 Å². The summed E-state index contributed by atoms with van der Waals surface area (Å²) in [7, 11) is 0. The van der Waals surface area contributed by atoms with E-state index in [1.54, 1.807) is 18.2 Å². The number of hydrogen-bond acceptors (Lipinski definition) is 5. The number of aromatic amines is 4. The summed E-state index contributed by atoms with van der Waals surface area (Å²) < 4.78 is 0. The van der Waals surface area contributed by atoms with Crippen molar-refractivity contribution in [3.05, 3.63) is 141 Å². The third-order valence-electron chi connectivity index (χ3n) is 9.20. The number of benzene rings is 1. The van der Waals surface area contributed by atoms with Crippen molar-refractivity contribution < 1.29 is 0 Å². The van der Waals surface area contributed by atoms with Crippen LogP contribution in [-0.2, 0) is 0 Å². The summed E-state index contributed by atoms with van der Waals surface area (Å²) in [4.78, 5) is 41.9. The van der Waals surface area contributed by atoms with Crippen LogP contribution in [0.4, 0.5) is 5.69 Å². The predicted molar refractivity (Wildman–Crippen MR) is 210 cm³/mol. The molecule has 9 heteroatoms. The lowest BCUT2D eigenvalue weighted by atomic mass is 10.1. The number of fused-ring (bicyclic) bond motifs is 20. The normalized spacial score (nSPS) is 12.6. The molecule has 0 radical (unpaired) electrons. The molecule has 6 aromatic heterocycles. The Bertz CT molecular complexity index is 3130. The largest absolute Gasteiger partial charge is 0.399 e. The van der Waals surface area contributed by atoms with Crippen LogP contribution < -0.4 is 11.2 Å². The molecule has 51 heavy (non-hydrogen) atoms. The molecule has 3 aliphatic rings. The lowest BCUT2D eigenvalue weighted by Gasteiger charge is -1.95. The molecule has 242 valence electrons. The highest BCUT2D eigenvalue weighted by molar-refractivity contribution is 6.19. The van der Waals surface area contributed by atoms with Gasteiger partial charge in [-0.15, -0.1) is 0 Å². The molecule has 7 aromatic rings. The van der Waals surface area contributed by atoms with Crippen molar-refractivity contribution >= 4 is 108 Å². The van der Waals surface area contributed by atoms with Gasteiger partial charge in [-0.2, -0.15) is 0 Å². The average Bonchev–Trinajstić information content (AvgIpc) is 3.97. The Labute approximate surface area is 289 Å². The van der Waals surface area contributed by atoms with Gasteiger partial charge in [0.15, 0.2) is 5.43 Å². The summed E-state index contributed by atoms with van der Waals surface area (Å²) >= 11 is 0. The number of nitrogens with one attached hydrogen (secondary N) is 4. The average molecular weight is 661 g/mol. The van der Waals surface area contributed by atoms with E-state index < -0.39 is 0 Å². The zero-order valence-corrected chi connectivity index (χ0v) is 27.0. The number of aromatic nitrogens is 7. The maximum atomic E-state index is 13.3. The first-order chi connectivity index (χ1) is 24.9. The zero-order valence-electron chi connectivity index (χ0n) is 27.0. The second-order valence-electron chi connectivity index (χ2n) is 12.9. The molecule has 0 unspecified atom stereocenters. The third kappa shape index (κ3) is 5.39. The zero-order chi connectivity index (χ0) is 34.1. The van der Waals surface area contributed by atoms with Crippen molar-refractivity contribution in [1.82, 2.24) is 34.9 Å². The van der Waals surface area contributed by atoms with Crippen molar-refractivity contribution in [3.8, 4) is 0 Å². The molecule has 0 fully saturated rings. The van der Waals surface area contributed by atoms with Gasteiger partial charge in [-0.3, -0.25) is 4.79 Å². The molecule has 9 nitrogen and oxygen atoms in total. The van der Waals surface area contributed by atoms with E-state index in [-0.39, 0.29) is 5.43 Å². The Morgan fingerprint density at radius 2 is 0.725 bits per heavy atom. The Balaban J connectivity index is 1.31. The Hall–Kier alpha value is -7.26. The summed E-state index contributed by atoms with van der Waals surface area (Å²) in [6, 6.07) is 31.0. The van der Waals surface area contributed by atoms with Crippen molar-refractivity contribution in [3.63, 3.8) is 0 Å². The van der Waals surface area contributed by atoms with Crippen LogP contribution >= 0.6 is 0 Å². The van der Waals surface area contributed by atoms with Gasteiger partial charge >= 0.3 is 0 Å². The van der Waals surface area contributed by atoms with Gasteiger partial charge < -0.3 is 25.7 Å². The van der Waals surface area contributed by atoms with Gasteiger partial charge in [0.2, 0.25) is 0 Å². The lowest BCUT2D eigenvalue weighted by Crippen LogP contribution is -1.92. The van der Waals surface area contributed by atoms with Crippen LogP contribution in [0.1, 0.15) is 34.2 Å². The summed E-state index contributed by atoms with van der Waals surface area (Å²) in [6.07, 6.45) is 12.0. The molecule has 0 amide bonds. The topological polar surface area (TPSA) is 145 Å². The minimum atomic E-state index is -0.194. The molecule has 6 N–H and O–H groups in total. The highest BCUT2D eigenvalue weighted by Gasteiger charge is 2.12. The van der Waals surface area contributed by atoms with E-state index in [2.05, 4.69) is 44.2 Å². The lowest BCUT2D eigenvalue weighted by molar-refractivity contribution is 1.31. The summed E-state index contributed by atoms with van der Waals surface area (Å²) in [5.74, 6) is 0. The number of H-pyrrole nitrogens is 4. The molecule has 9 heterocycles. The Morgan fingerprint density at radius 3 is 1.14 bits per heavy atom. The quantitative estimate of drug-likeness (QED) is 0.110. The van der Waals surface area contributed by atoms with Crippen molar-refractivity contribution in [1.29, 1.82) is 0 Å². The van der Waals surface area contributed by atoms with E-state index in [0.29, 0.717) is 11.2 Å². The van der Waals surface area contributed by atoms with E-state index in [1.807, 2.05) is 85.0 Å². The smallest absolute Gasteiger partial charge is 0.180 e. The van der Waals surface area contributed by atoms with Crippen LogP contribution in [0, 0.1) is 0 Å². The van der Waals surface area contributed by atoms with Crippen molar-refractivity contribution in [2.75, 3.05) is 5.73 Å². The van der Waals surface area contributed by atoms with Gasteiger partial charge in [0.25, 0.3) is 0 Å². The Morgan fingerprint density at radius 1 is 0.373 bits per heavy atom. The van der Waals surface area contributed by atoms with E-state index >= 15 is 0 Å². The second kappa shape index (κ2) is 11.1. The molecule has 3 aliphatic heterocycles. The fourth-order valence-corrected chi connectivity index (χ4v) is 6.89. The first-order valence-corrected chi connectivity index (χ1v) is 16.6. The van der Waals surface area contributed by atoms with E-state index in [4.69, 9.17) is 20.7 Å². The third-order valence-corrected chi connectivity index (χ3v) is 9.20. The molecule has 10 rings (SSSR count). The first kappa shape index (κ1) is 28.7. The van der Waals surface area contributed by atoms with Crippen LogP contribution in [0.15, 0.2) is 102 Å². The van der Waals surface area contributed by atoms with Crippen molar-refractivity contribution in [2.45, 2.75) is 0 Å². The SMILES string of the molecule is Nc1ccc(=O)cc2[nH]c(cc3nc(cc4ccc(c1)[nH]4)C=C3)c1cc3c4cc5nc(cc6ccc(cc7nc(cc([nH]4)c3cc21)C=C7)[nH]6)C=C5. The molecule has 0 spiro atoms. The van der Waals surface area contributed by atoms with Crippen LogP contribution in [0.2, 0.25) is 0 Å². The van der Waals surface area contributed by atoms with Crippen LogP contribution in [0.5, 0.6) is 0 Å². The van der Waals surface area contributed by atoms with Crippen LogP contribution in [-0.4, -0.2) is 34.9 Å². The van der Waals surface area contributed by atoms with Gasteiger partial charge in [-0.1, -0.05) is 0 Å². The fraction of sp³-hybridized carbons (Fsp3) is 0. The maximum Gasteiger partial charge on any atom is 0.180 e. The van der Waals surface area contributed by atoms with Gasteiger partial charge in [-0.05, 0) is 127 Å². The fourth-order valence-electron chi connectivity index (χ4n) is 6.89. The molecule has 0 atom stereocenters. The number of hydrogen-bond donors (Lipinski definition) is 5. The Kier molecular flexibility index (Phi) is 6.28. The van der Waals surface area contributed by atoms with Gasteiger partial charge in [0.05, 0.1) is 39.7 Å². The number of rotatable bonds is 0. The van der Waals surface area contributed by atoms with E-state index in [9.17, 15) is 4.79 Å².